The van der Waals surface area contributed by atoms with E-state index in [0.717, 1.165) is 18.4 Å². The molecule has 144 valence electrons. The lowest BCUT2D eigenvalue weighted by molar-refractivity contribution is -0.0732. The number of aliphatic hydroxyl groups is 3. The van der Waals surface area contributed by atoms with Crippen LogP contribution in [0.15, 0.2) is 40.6 Å². The van der Waals surface area contributed by atoms with Crippen molar-refractivity contribution < 1.29 is 28.5 Å². The number of rotatable bonds is 5. The molecule has 4 N–H and O–H groups in total. The maximum Gasteiger partial charge on any atom is 0.261 e. The van der Waals surface area contributed by atoms with Gasteiger partial charge in [-0.05, 0) is 37.8 Å². The number of hydrogen-bond acceptors (Lipinski definition) is 7. The Morgan fingerprint density at radius 2 is 1.77 bits per heavy atom. The van der Waals surface area contributed by atoms with E-state index in [4.69, 9.17) is 4.74 Å². The number of ether oxygens (including phenoxy) is 1. The maximum absolute atomic E-state index is 12.5. The first-order valence-corrected chi connectivity index (χ1v) is 10.00. The molecular formula is C17H24N2O6S. The molecule has 0 amide bonds. The minimum Gasteiger partial charge on any atom is -0.506 e. The second kappa shape index (κ2) is 7.53. The van der Waals surface area contributed by atoms with E-state index in [1.807, 2.05) is 6.92 Å². The minimum absolute atomic E-state index is 0.00738. The first kappa shape index (κ1) is 19.1. The summed E-state index contributed by atoms with van der Waals surface area (Å²) in [5.74, 6) is -0.394. The average Bonchev–Trinajstić information content (AvgIpc) is 2.81. The van der Waals surface area contributed by atoms with Crippen LogP contribution in [0.4, 0.5) is 0 Å². The molecule has 1 aromatic carbocycles. The number of sulfonamides is 1. The van der Waals surface area contributed by atoms with Crippen LogP contribution in [0.1, 0.15) is 18.4 Å². The first-order valence-electron chi connectivity index (χ1n) is 8.52. The van der Waals surface area contributed by atoms with Gasteiger partial charge in [-0.1, -0.05) is 17.7 Å². The second-order valence-corrected chi connectivity index (χ2v) is 8.40. The number of aliphatic hydroxyl groups excluding tert-OH is 3. The van der Waals surface area contributed by atoms with Crippen molar-refractivity contribution in [1.82, 2.24) is 9.62 Å². The smallest absolute Gasteiger partial charge is 0.261 e. The summed E-state index contributed by atoms with van der Waals surface area (Å²) in [6.07, 6.45) is -1.33. The molecule has 9 heteroatoms. The van der Waals surface area contributed by atoms with Gasteiger partial charge in [0, 0.05) is 19.8 Å². The van der Waals surface area contributed by atoms with E-state index in [-0.39, 0.29) is 16.5 Å². The molecule has 0 radical (unpaired) electrons. The quantitative estimate of drug-likeness (QED) is 0.581. The Balaban J connectivity index is 1.75. The van der Waals surface area contributed by atoms with Crippen LogP contribution in [-0.2, 0) is 14.8 Å². The van der Waals surface area contributed by atoms with Gasteiger partial charge in [0.15, 0.2) is 18.2 Å². The Labute approximate surface area is 152 Å². The average molecular weight is 384 g/mol. The monoisotopic (exact) mass is 384 g/mol. The van der Waals surface area contributed by atoms with E-state index >= 15 is 0 Å². The normalized spacial score (nSPS) is 25.7. The van der Waals surface area contributed by atoms with Crippen LogP contribution in [0.2, 0.25) is 0 Å². The molecule has 2 aliphatic heterocycles. The van der Waals surface area contributed by atoms with Crippen LogP contribution in [-0.4, -0.2) is 60.9 Å². The van der Waals surface area contributed by atoms with Crippen LogP contribution < -0.4 is 4.72 Å². The van der Waals surface area contributed by atoms with E-state index in [2.05, 4.69) is 4.72 Å². The fraction of sp³-hybridized carbons (Fsp3) is 0.529. The van der Waals surface area contributed by atoms with Gasteiger partial charge >= 0.3 is 0 Å². The van der Waals surface area contributed by atoms with Crippen LogP contribution >= 0.6 is 0 Å². The highest BCUT2D eigenvalue weighted by molar-refractivity contribution is 7.89. The van der Waals surface area contributed by atoms with Crippen molar-refractivity contribution in [3.8, 4) is 0 Å². The van der Waals surface area contributed by atoms with Crippen molar-refractivity contribution in [3.05, 3.63) is 41.3 Å². The molecule has 0 aliphatic carbocycles. The number of aryl methyl sites for hydroxylation is 1. The topological polar surface area (TPSA) is 119 Å². The zero-order chi connectivity index (χ0) is 18.9. The van der Waals surface area contributed by atoms with Gasteiger partial charge in [0.2, 0.25) is 0 Å². The lowest BCUT2D eigenvalue weighted by Gasteiger charge is -2.31. The molecule has 0 saturated carbocycles. The molecule has 0 bridgehead atoms. The van der Waals surface area contributed by atoms with Crippen molar-refractivity contribution in [2.45, 2.75) is 37.1 Å². The van der Waals surface area contributed by atoms with Crippen LogP contribution in [0, 0.1) is 12.8 Å². The molecule has 1 aromatic rings. The third kappa shape index (κ3) is 3.86. The molecule has 2 aliphatic rings. The Kier molecular flexibility index (Phi) is 5.54. The molecule has 2 heterocycles. The van der Waals surface area contributed by atoms with Crippen molar-refractivity contribution in [2.75, 3.05) is 19.8 Å². The Hall–Kier alpha value is -1.65. The summed E-state index contributed by atoms with van der Waals surface area (Å²) in [7, 11) is -3.99. The molecular weight excluding hydrogens is 360 g/mol. The Morgan fingerprint density at radius 1 is 1.15 bits per heavy atom. The minimum atomic E-state index is -3.99. The molecule has 8 nitrogen and oxygen atoms in total. The summed E-state index contributed by atoms with van der Waals surface area (Å²) in [6, 6.07) is 6.18. The van der Waals surface area contributed by atoms with Gasteiger partial charge in [0.25, 0.3) is 10.0 Å². The lowest BCUT2D eigenvalue weighted by Crippen LogP contribution is -2.44. The summed E-state index contributed by atoms with van der Waals surface area (Å²) in [5, 5.41) is 30.8. The van der Waals surface area contributed by atoms with E-state index in [9.17, 15) is 23.7 Å². The van der Waals surface area contributed by atoms with Gasteiger partial charge < -0.3 is 20.1 Å². The molecule has 3 rings (SSSR count). The fourth-order valence-corrected chi connectivity index (χ4v) is 4.29. The van der Waals surface area contributed by atoms with E-state index < -0.39 is 28.2 Å². The first-order chi connectivity index (χ1) is 12.3. The van der Waals surface area contributed by atoms with E-state index in [1.165, 1.54) is 17.0 Å². The lowest BCUT2D eigenvalue weighted by atomic mass is 10.00. The molecule has 1 fully saturated rings. The summed E-state index contributed by atoms with van der Waals surface area (Å²) >= 11 is 0. The van der Waals surface area contributed by atoms with E-state index in [1.54, 1.807) is 12.1 Å². The number of hydrogen-bond donors (Lipinski definition) is 4. The maximum atomic E-state index is 12.5. The second-order valence-electron chi connectivity index (χ2n) is 6.72. The Morgan fingerprint density at radius 3 is 2.38 bits per heavy atom. The van der Waals surface area contributed by atoms with Crippen molar-refractivity contribution >= 4 is 10.0 Å². The van der Waals surface area contributed by atoms with Crippen molar-refractivity contribution in [2.24, 2.45) is 5.92 Å². The van der Waals surface area contributed by atoms with Gasteiger partial charge in [-0.2, -0.15) is 0 Å². The third-order valence-corrected chi connectivity index (χ3v) is 6.17. The third-order valence-electron chi connectivity index (χ3n) is 4.79. The fourth-order valence-electron chi connectivity index (χ4n) is 3.18. The highest BCUT2D eigenvalue weighted by Crippen LogP contribution is 2.29. The highest BCUT2D eigenvalue weighted by atomic mass is 32.2. The zero-order valence-corrected chi connectivity index (χ0v) is 15.3. The van der Waals surface area contributed by atoms with Crippen LogP contribution in [0.3, 0.4) is 0 Å². The van der Waals surface area contributed by atoms with Gasteiger partial charge in [-0.15, -0.1) is 0 Å². The summed E-state index contributed by atoms with van der Waals surface area (Å²) in [6.45, 7) is 3.38. The largest absolute Gasteiger partial charge is 0.506 e. The van der Waals surface area contributed by atoms with Gasteiger partial charge in [-0.3, -0.25) is 4.72 Å². The molecule has 26 heavy (non-hydrogen) atoms. The molecule has 2 unspecified atom stereocenters. The molecule has 0 aromatic heterocycles. The highest BCUT2D eigenvalue weighted by Gasteiger charge is 2.42. The van der Waals surface area contributed by atoms with Gasteiger partial charge in [0.1, 0.15) is 5.70 Å². The SMILES string of the molecule is Cc1ccc(S(=O)(=O)NC2=C(O)C(O)N(CC3CCOCC3)C2O)cc1. The van der Waals surface area contributed by atoms with Gasteiger partial charge in [0.05, 0.1) is 4.90 Å². The molecule has 1 saturated heterocycles. The number of nitrogens with zero attached hydrogens (tertiary/aromatic N) is 1. The molecule has 2 atom stereocenters. The van der Waals surface area contributed by atoms with Crippen LogP contribution in [0.25, 0.3) is 0 Å². The standard InChI is InChI=1S/C17H24N2O6S/c1-11-2-4-13(5-3-11)26(23,24)18-14-15(20)17(22)19(16(14)21)10-12-6-8-25-9-7-12/h2-5,12,16-18,20-22H,6-10H2,1H3. The van der Waals surface area contributed by atoms with Crippen LogP contribution in [0.5, 0.6) is 0 Å². The number of benzene rings is 1. The van der Waals surface area contributed by atoms with E-state index in [0.29, 0.717) is 19.8 Å². The number of nitrogens with one attached hydrogen (secondary N) is 1. The summed E-state index contributed by atoms with van der Waals surface area (Å²) in [5.41, 5.74) is 0.593. The molecule has 0 spiro atoms. The summed E-state index contributed by atoms with van der Waals surface area (Å²) in [4.78, 5) is 1.28. The predicted octanol–water partition coefficient (Wildman–Crippen LogP) is 0.422. The zero-order valence-electron chi connectivity index (χ0n) is 14.5. The summed E-state index contributed by atoms with van der Waals surface area (Å²) < 4.78 is 32.5. The Bertz CT molecular complexity index is 771. The van der Waals surface area contributed by atoms with Crippen molar-refractivity contribution in [1.29, 1.82) is 0 Å². The predicted molar refractivity (Wildman–Crippen MR) is 93.4 cm³/mol. The van der Waals surface area contributed by atoms with Gasteiger partial charge in [-0.25, -0.2) is 13.3 Å². The van der Waals surface area contributed by atoms with Crippen molar-refractivity contribution in [3.63, 3.8) is 0 Å².